The van der Waals surface area contributed by atoms with Gasteiger partial charge in [0.05, 0.1) is 19.4 Å². The Morgan fingerprint density at radius 1 is 0.971 bits per heavy atom. The van der Waals surface area contributed by atoms with Crippen LogP contribution in [-0.4, -0.2) is 24.6 Å². The summed E-state index contributed by atoms with van der Waals surface area (Å²) in [4.78, 5) is 17.4. The predicted octanol–water partition coefficient (Wildman–Crippen LogP) is 6.99. The maximum Gasteiger partial charge on any atom is 0.255 e. The molecule has 0 fully saturated rings. The Balaban J connectivity index is 1.40. The van der Waals surface area contributed by atoms with Gasteiger partial charge in [0.2, 0.25) is 0 Å². The molecule has 0 saturated heterocycles. The summed E-state index contributed by atoms with van der Waals surface area (Å²) < 4.78 is 10.9. The molecule has 34 heavy (non-hydrogen) atoms. The van der Waals surface area contributed by atoms with Crippen molar-refractivity contribution in [2.45, 2.75) is 19.8 Å². The first kappa shape index (κ1) is 23.3. The average Bonchev–Trinajstić information content (AvgIpc) is 3.33. The Bertz CT molecular complexity index is 1240. The van der Waals surface area contributed by atoms with Crippen LogP contribution in [0.1, 0.15) is 30.1 Å². The average molecular weight is 474 g/mol. The summed E-state index contributed by atoms with van der Waals surface area (Å²) in [6.07, 6.45) is 2.09. The Labute approximate surface area is 203 Å². The minimum atomic E-state index is -0.170. The number of amides is 1. The van der Waals surface area contributed by atoms with Gasteiger partial charge >= 0.3 is 0 Å². The van der Waals surface area contributed by atoms with Gasteiger partial charge in [-0.1, -0.05) is 31.5 Å². The molecule has 6 nitrogen and oxygen atoms in total. The lowest BCUT2D eigenvalue weighted by atomic mass is 10.1. The maximum atomic E-state index is 12.7. The molecule has 0 aliphatic heterocycles. The van der Waals surface area contributed by atoms with Crippen LogP contribution in [0.15, 0.2) is 78.2 Å². The lowest BCUT2D eigenvalue weighted by molar-refractivity contribution is 0.102. The van der Waals surface area contributed by atoms with Gasteiger partial charge in [0, 0.05) is 33.9 Å². The molecule has 4 rings (SSSR count). The first-order valence-electron chi connectivity index (χ1n) is 11.2. The van der Waals surface area contributed by atoms with E-state index in [2.05, 4.69) is 22.5 Å². The minimum absolute atomic E-state index is 0.170. The van der Waals surface area contributed by atoms with Crippen LogP contribution >= 0.6 is 11.3 Å². The topological polar surface area (TPSA) is 72.5 Å². The van der Waals surface area contributed by atoms with Crippen molar-refractivity contribution in [3.8, 4) is 22.8 Å². The molecule has 1 aromatic heterocycles. The third-order valence-electron chi connectivity index (χ3n) is 5.12. The van der Waals surface area contributed by atoms with Crippen LogP contribution in [0.4, 0.5) is 16.5 Å². The highest BCUT2D eigenvalue weighted by Crippen LogP contribution is 2.29. The van der Waals surface area contributed by atoms with Crippen LogP contribution < -0.4 is 20.1 Å². The van der Waals surface area contributed by atoms with Crippen molar-refractivity contribution in [2.75, 3.05) is 24.4 Å². The van der Waals surface area contributed by atoms with Gasteiger partial charge in [-0.3, -0.25) is 4.79 Å². The predicted molar refractivity (Wildman–Crippen MR) is 139 cm³/mol. The molecule has 0 atom stereocenters. The SMILES string of the molecule is CCCCOc1ccc(C(=O)Nc2cccc(-c3csc(Nc4cccc(OC)c4)n3)c2)cc1. The van der Waals surface area contributed by atoms with Crippen molar-refractivity contribution in [3.63, 3.8) is 0 Å². The Kier molecular flexibility index (Phi) is 7.78. The molecule has 7 heteroatoms. The number of benzene rings is 3. The molecule has 0 aliphatic rings. The molecule has 0 aliphatic carbocycles. The van der Waals surface area contributed by atoms with E-state index in [1.54, 1.807) is 19.2 Å². The van der Waals surface area contributed by atoms with E-state index in [9.17, 15) is 4.79 Å². The summed E-state index contributed by atoms with van der Waals surface area (Å²) in [7, 11) is 1.64. The second-order valence-corrected chi connectivity index (χ2v) is 8.51. The summed E-state index contributed by atoms with van der Waals surface area (Å²) in [5, 5.41) is 9.03. The van der Waals surface area contributed by atoms with Gasteiger partial charge in [-0.15, -0.1) is 11.3 Å². The lowest BCUT2D eigenvalue weighted by Crippen LogP contribution is -2.11. The third-order valence-corrected chi connectivity index (χ3v) is 5.88. The molecule has 3 aromatic carbocycles. The molecule has 4 aromatic rings. The van der Waals surface area contributed by atoms with E-state index >= 15 is 0 Å². The zero-order valence-electron chi connectivity index (χ0n) is 19.2. The quantitative estimate of drug-likeness (QED) is 0.243. The zero-order chi connectivity index (χ0) is 23.8. The number of unbranched alkanes of at least 4 members (excludes halogenated alkanes) is 1. The highest BCUT2D eigenvalue weighted by molar-refractivity contribution is 7.14. The molecule has 0 saturated carbocycles. The standard InChI is InChI=1S/C27H27N3O3S/c1-3-4-15-33-23-13-11-19(12-14-23)26(31)28-21-8-5-7-20(16-21)25-18-34-27(30-25)29-22-9-6-10-24(17-22)32-2/h5-14,16-18H,3-4,15H2,1-2H3,(H,28,31)(H,29,30). The number of thiazole rings is 1. The molecule has 0 radical (unpaired) electrons. The van der Waals surface area contributed by atoms with Crippen molar-refractivity contribution >= 4 is 33.8 Å². The fourth-order valence-electron chi connectivity index (χ4n) is 3.28. The third kappa shape index (κ3) is 6.14. The Morgan fingerprint density at radius 2 is 1.76 bits per heavy atom. The van der Waals surface area contributed by atoms with Gasteiger partial charge in [-0.05, 0) is 55.0 Å². The highest BCUT2D eigenvalue weighted by Gasteiger charge is 2.10. The normalized spacial score (nSPS) is 10.5. The number of nitrogens with zero attached hydrogens (tertiary/aromatic N) is 1. The van der Waals surface area contributed by atoms with E-state index in [1.807, 2.05) is 66.0 Å². The van der Waals surface area contributed by atoms with Gasteiger partial charge in [0.25, 0.3) is 5.91 Å². The van der Waals surface area contributed by atoms with Crippen LogP contribution in [0.3, 0.4) is 0 Å². The van der Waals surface area contributed by atoms with E-state index in [-0.39, 0.29) is 5.91 Å². The van der Waals surface area contributed by atoms with E-state index in [0.717, 1.165) is 46.4 Å². The van der Waals surface area contributed by atoms with E-state index in [0.29, 0.717) is 17.9 Å². The molecule has 0 unspecified atom stereocenters. The Morgan fingerprint density at radius 3 is 2.56 bits per heavy atom. The van der Waals surface area contributed by atoms with Gasteiger partial charge in [0.15, 0.2) is 5.13 Å². The number of anilines is 3. The van der Waals surface area contributed by atoms with Crippen molar-refractivity contribution in [1.82, 2.24) is 4.98 Å². The number of carbonyl (C=O) groups is 1. The number of methoxy groups -OCH3 is 1. The number of aromatic nitrogens is 1. The number of nitrogens with one attached hydrogen (secondary N) is 2. The van der Waals surface area contributed by atoms with Crippen LogP contribution in [0.25, 0.3) is 11.3 Å². The summed E-state index contributed by atoms with van der Waals surface area (Å²) in [6.45, 7) is 2.81. The largest absolute Gasteiger partial charge is 0.497 e. The summed E-state index contributed by atoms with van der Waals surface area (Å²) in [5.74, 6) is 1.38. The lowest BCUT2D eigenvalue weighted by Gasteiger charge is -2.08. The highest BCUT2D eigenvalue weighted by atomic mass is 32.1. The van der Waals surface area contributed by atoms with Crippen molar-refractivity contribution < 1.29 is 14.3 Å². The van der Waals surface area contributed by atoms with Crippen molar-refractivity contribution in [1.29, 1.82) is 0 Å². The summed E-state index contributed by atoms with van der Waals surface area (Å²) in [5.41, 5.74) is 3.95. The molecule has 0 bridgehead atoms. The summed E-state index contributed by atoms with van der Waals surface area (Å²) in [6, 6.07) is 22.6. The maximum absolute atomic E-state index is 12.7. The minimum Gasteiger partial charge on any atom is -0.497 e. The molecular formula is C27H27N3O3S. The molecule has 0 spiro atoms. The van der Waals surface area contributed by atoms with Crippen molar-refractivity contribution in [3.05, 3.63) is 83.7 Å². The summed E-state index contributed by atoms with van der Waals surface area (Å²) >= 11 is 1.52. The molecule has 2 N–H and O–H groups in total. The van der Waals surface area contributed by atoms with E-state index in [4.69, 9.17) is 9.47 Å². The molecule has 1 heterocycles. The van der Waals surface area contributed by atoms with E-state index < -0.39 is 0 Å². The zero-order valence-corrected chi connectivity index (χ0v) is 20.0. The number of hydrogen-bond donors (Lipinski definition) is 2. The van der Waals surface area contributed by atoms with Gasteiger partial charge < -0.3 is 20.1 Å². The molecular weight excluding hydrogens is 446 g/mol. The monoisotopic (exact) mass is 473 g/mol. The second kappa shape index (κ2) is 11.3. The number of ether oxygens (including phenoxy) is 2. The van der Waals surface area contributed by atoms with Crippen LogP contribution in [0.5, 0.6) is 11.5 Å². The van der Waals surface area contributed by atoms with Crippen LogP contribution in [0, 0.1) is 0 Å². The number of carbonyl (C=O) groups excluding carboxylic acids is 1. The first-order chi connectivity index (χ1) is 16.6. The fraction of sp³-hybridized carbons (Fsp3) is 0.185. The number of rotatable bonds is 10. The number of hydrogen-bond acceptors (Lipinski definition) is 6. The first-order valence-corrected chi connectivity index (χ1v) is 12.0. The van der Waals surface area contributed by atoms with Gasteiger partial charge in [0.1, 0.15) is 11.5 Å². The van der Waals surface area contributed by atoms with Crippen LogP contribution in [-0.2, 0) is 0 Å². The molecule has 174 valence electrons. The molecule has 1 amide bonds. The van der Waals surface area contributed by atoms with Crippen molar-refractivity contribution in [2.24, 2.45) is 0 Å². The van der Waals surface area contributed by atoms with E-state index in [1.165, 1.54) is 11.3 Å². The Hall–Kier alpha value is -3.84. The second-order valence-electron chi connectivity index (χ2n) is 7.66. The van der Waals surface area contributed by atoms with Gasteiger partial charge in [-0.25, -0.2) is 4.98 Å². The smallest absolute Gasteiger partial charge is 0.255 e. The van der Waals surface area contributed by atoms with Gasteiger partial charge in [-0.2, -0.15) is 0 Å². The van der Waals surface area contributed by atoms with Crippen LogP contribution in [0.2, 0.25) is 0 Å². The fourth-order valence-corrected chi connectivity index (χ4v) is 4.02.